The summed E-state index contributed by atoms with van der Waals surface area (Å²) in [5.41, 5.74) is 4.91. The Hall–Kier alpha value is -1.51. The molecule has 0 atom stereocenters. The molecule has 0 spiro atoms. The highest BCUT2D eigenvalue weighted by Crippen LogP contribution is 2.12. The van der Waals surface area contributed by atoms with Crippen molar-refractivity contribution in [3.63, 3.8) is 0 Å². The van der Waals surface area contributed by atoms with Crippen LogP contribution in [-0.2, 0) is 0 Å². The van der Waals surface area contributed by atoms with Gasteiger partial charge in [0.05, 0.1) is 5.56 Å². The summed E-state index contributed by atoms with van der Waals surface area (Å²) in [7, 11) is 0. The van der Waals surface area contributed by atoms with Crippen LogP contribution in [0.3, 0.4) is 0 Å². The van der Waals surface area contributed by atoms with E-state index in [4.69, 9.17) is 10.8 Å². The maximum Gasteiger partial charge on any atom is 0.253 e. The quantitative estimate of drug-likeness (QED) is 0.582. The summed E-state index contributed by atoms with van der Waals surface area (Å²) >= 11 is 0. The molecule has 1 aromatic carbocycles. The van der Waals surface area contributed by atoms with Gasteiger partial charge in [-0.2, -0.15) is 0 Å². The fourth-order valence-corrected chi connectivity index (χ4v) is 0.625. The van der Waals surface area contributed by atoms with E-state index in [0.29, 0.717) is 0 Å². The third kappa shape index (κ3) is 1.07. The lowest BCUT2D eigenvalue weighted by Gasteiger charge is -1.95. The van der Waals surface area contributed by atoms with E-state index in [1.54, 1.807) is 6.07 Å². The zero-order chi connectivity index (χ0) is 7.56. The number of carbonyl (C=O) groups excluding carboxylic acids is 1. The van der Waals surface area contributed by atoms with Gasteiger partial charge in [0.2, 0.25) is 0 Å². The minimum Gasteiger partial charge on any atom is -0.507 e. The molecule has 51 valence electrons. The lowest BCUT2D eigenvalue weighted by Crippen LogP contribution is -2.10. The molecule has 1 amide bonds. The maximum absolute atomic E-state index is 10.5. The van der Waals surface area contributed by atoms with E-state index in [-0.39, 0.29) is 11.3 Å². The Morgan fingerprint density at radius 1 is 1.70 bits per heavy atom. The van der Waals surface area contributed by atoms with E-state index < -0.39 is 5.91 Å². The molecule has 0 saturated carbocycles. The van der Waals surface area contributed by atoms with Crippen LogP contribution in [-0.4, -0.2) is 11.0 Å². The van der Waals surface area contributed by atoms with E-state index in [1.807, 2.05) is 0 Å². The van der Waals surface area contributed by atoms with Gasteiger partial charge in [0.15, 0.2) is 0 Å². The first kappa shape index (κ1) is 6.61. The number of amides is 1. The van der Waals surface area contributed by atoms with Crippen molar-refractivity contribution in [3.8, 4) is 5.75 Å². The molecule has 3 nitrogen and oxygen atoms in total. The van der Waals surface area contributed by atoms with Crippen molar-refractivity contribution in [1.29, 1.82) is 0 Å². The molecule has 3 heteroatoms. The molecule has 0 aliphatic carbocycles. The number of hydrogen-bond acceptors (Lipinski definition) is 2. The van der Waals surface area contributed by atoms with Crippen LogP contribution in [0.5, 0.6) is 5.75 Å². The van der Waals surface area contributed by atoms with E-state index in [1.165, 1.54) is 12.1 Å². The van der Waals surface area contributed by atoms with Gasteiger partial charge >= 0.3 is 0 Å². The van der Waals surface area contributed by atoms with Crippen LogP contribution in [0.2, 0.25) is 0 Å². The fraction of sp³-hybridized carbons (Fsp3) is 0. The SMILES string of the molecule is NC(=O)c1[c]cccc1O. The van der Waals surface area contributed by atoms with E-state index in [0.717, 1.165) is 0 Å². The monoisotopic (exact) mass is 136 g/mol. The summed E-state index contributed by atoms with van der Waals surface area (Å²) in [6.07, 6.45) is 0. The van der Waals surface area contributed by atoms with Gasteiger partial charge in [-0.3, -0.25) is 4.79 Å². The van der Waals surface area contributed by atoms with Gasteiger partial charge in [0.1, 0.15) is 5.75 Å². The van der Waals surface area contributed by atoms with Gasteiger partial charge < -0.3 is 10.8 Å². The molecule has 0 aliphatic rings. The lowest BCUT2D eigenvalue weighted by atomic mass is 10.2. The first-order valence-electron chi connectivity index (χ1n) is 2.71. The minimum absolute atomic E-state index is 0.0301. The van der Waals surface area contributed by atoms with Crippen LogP contribution in [0.4, 0.5) is 0 Å². The van der Waals surface area contributed by atoms with Crippen LogP contribution in [0, 0.1) is 6.07 Å². The number of benzene rings is 1. The number of carbonyl (C=O) groups is 1. The average molecular weight is 136 g/mol. The highest BCUT2D eigenvalue weighted by atomic mass is 16.3. The smallest absolute Gasteiger partial charge is 0.253 e. The van der Waals surface area contributed by atoms with Gasteiger partial charge in [-0.25, -0.2) is 0 Å². The van der Waals surface area contributed by atoms with Crippen LogP contribution in [0.25, 0.3) is 0 Å². The van der Waals surface area contributed by atoms with Crippen molar-refractivity contribution in [2.24, 2.45) is 5.73 Å². The molecule has 0 heterocycles. The Balaban J connectivity index is 3.15. The fourth-order valence-electron chi connectivity index (χ4n) is 0.625. The number of rotatable bonds is 1. The lowest BCUT2D eigenvalue weighted by molar-refractivity contribution is 0.0997. The topological polar surface area (TPSA) is 63.3 Å². The zero-order valence-corrected chi connectivity index (χ0v) is 5.16. The molecule has 0 unspecified atom stereocenters. The molecule has 0 saturated heterocycles. The third-order valence-electron chi connectivity index (χ3n) is 1.08. The maximum atomic E-state index is 10.5. The molecule has 0 bridgehead atoms. The third-order valence-corrected chi connectivity index (χ3v) is 1.08. The van der Waals surface area contributed by atoms with Gasteiger partial charge in [0.25, 0.3) is 5.91 Å². The summed E-state index contributed by atoms with van der Waals surface area (Å²) in [6.45, 7) is 0. The normalized spacial score (nSPS) is 9.20. The number of primary amides is 1. The van der Waals surface area contributed by atoms with E-state index in [2.05, 4.69) is 6.07 Å². The summed E-state index contributed by atoms with van der Waals surface area (Å²) in [5.74, 6) is -0.798. The van der Waals surface area contributed by atoms with Crippen molar-refractivity contribution in [1.82, 2.24) is 0 Å². The molecule has 10 heavy (non-hydrogen) atoms. The predicted octanol–water partition coefficient (Wildman–Crippen LogP) is 0.291. The Labute approximate surface area is 58.1 Å². The molecule has 1 rings (SSSR count). The highest BCUT2D eigenvalue weighted by molar-refractivity contribution is 5.95. The van der Waals surface area contributed by atoms with E-state index in [9.17, 15) is 4.79 Å². The second-order valence-corrected chi connectivity index (χ2v) is 1.79. The van der Waals surface area contributed by atoms with Crippen molar-refractivity contribution in [2.45, 2.75) is 0 Å². The molecular weight excluding hydrogens is 130 g/mol. The number of nitrogens with two attached hydrogens (primary N) is 1. The van der Waals surface area contributed by atoms with Crippen LogP contribution in [0.1, 0.15) is 10.4 Å². The van der Waals surface area contributed by atoms with Crippen molar-refractivity contribution < 1.29 is 9.90 Å². The summed E-state index contributed by atoms with van der Waals surface area (Å²) in [4.78, 5) is 10.5. The molecule has 1 radical (unpaired) electrons. The van der Waals surface area contributed by atoms with Gasteiger partial charge in [-0.1, -0.05) is 12.1 Å². The van der Waals surface area contributed by atoms with Gasteiger partial charge in [0, 0.05) is 0 Å². The van der Waals surface area contributed by atoms with Crippen LogP contribution < -0.4 is 5.73 Å². The average Bonchev–Trinajstić information content (AvgIpc) is 1.88. The summed E-state index contributed by atoms with van der Waals surface area (Å²) in [6, 6.07) is 6.98. The van der Waals surface area contributed by atoms with Crippen molar-refractivity contribution in [3.05, 3.63) is 29.8 Å². The second-order valence-electron chi connectivity index (χ2n) is 1.79. The minimum atomic E-state index is -0.668. The molecule has 0 aromatic heterocycles. The van der Waals surface area contributed by atoms with Crippen LogP contribution >= 0.6 is 0 Å². The largest absolute Gasteiger partial charge is 0.507 e. The number of aromatic hydroxyl groups is 1. The van der Waals surface area contributed by atoms with Crippen molar-refractivity contribution >= 4 is 5.91 Å². The second kappa shape index (κ2) is 2.39. The Morgan fingerprint density at radius 3 is 2.80 bits per heavy atom. The first-order valence-corrected chi connectivity index (χ1v) is 2.71. The van der Waals surface area contributed by atoms with E-state index >= 15 is 0 Å². The Bertz CT molecular complexity index is 258. The summed E-state index contributed by atoms with van der Waals surface area (Å²) in [5, 5.41) is 8.95. The highest BCUT2D eigenvalue weighted by Gasteiger charge is 2.03. The van der Waals surface area contributed by atoms with Crippen LogP contribution in [0.15, 0.2) is 18.2 Å². The summed E-state index contributed by atoms with van der Waals surface area (Å²) < 4.78 is 0. The first-order chi connectivity index (χ1) is 4.72. The predicted molar refractivity (Wildman–Crippen MR) is 35.5 cm³/mol. The molecule has 3 N–H and O–H groups in total. The zero-order valence-electron chi connectivity index (χ0n) is 5.16. The molecule has 0 fully saturated rings. The van der Waals surface area contributed by atoms with Gasteiger partial charge in [-0.15, -0.1) is 0 Å². The molecule has 0 aliphatic heterocycles. The van der Waals surface area contributed by atoms with Gasteiger partial charge in [-0.05, 0) is 12.1 Å². The Morgan fingerprint density at radius 2 is 2.40 bits per heavy atom. The standard InChI is InChI=1S/C7H6NO2/c8-7(10)5-3-1-2-4-6(5)9/h1-2,4,9H,(H2,8,10). The number of hydrogen-bond donors (Lipinski definition) is 2. The Kier molecular flexibility index (Phi) is 1.58. The number of phenols is 1. The molecular formula is C7H6NO2. The van der Waals surface area contributed by atoms with Crippen molar-refractivity contribution in [2.75, 3.05) is 0 Å². The molecule has 1 aromatic rings.